The zero-order chi connectivity index (χ0) is 19.8. The maximum Gasteiger partial charge on any atom is 0.237 e. The summed E-state index contributed by atoms with van der Waals surface area (Å²) < 4.78 is 7.78. The summed E-state index contributed by atoms with van der Waals surface area (Å²) in [4.78, 5) is 14.7. The third-order valence-corrected chi connectivity index (χ3v) is 5.66. The van der Waals surface area contributed by atoms with Gasteiger partial charge in [0.25, 0.3) is 0 Å². The third kappa shape index (κ3) is 3.26. The summed E-state index contributed by atoms with van der Waals surface area (Å²) in [6.45, 7) is 8.47. The maximum absolute atomic E-state index is 12.9. The van der Waals surface area contributed by atoms with Crippen molar-refractivity contribution in [2.45, 2.75) is 32.7 Å². The van der Waals surface area contributed by atoms with Crippen molar-refractivity contribution in [3.8, 4) is 0 Å². The molecule has 0 saturated carbocycles. The average molecular weight is 395 g/mol. The molecule has 0 aliphatic heterocycles. The van der Waals surface area contributed by atoms with Gasteiger partial charge in [0.05, 0.1) is 16.8 Å². The number of carbonyl (C=O) groups is 1. The molecule has 0 bridgehead atoms. The van der Waals surface area contributed by atoms with Crippen LogP contribution in [0.1, 0.15) is 24.1 Å². The zero-order valence-electron chi connectivity index (χ0n) is 16.4. The molecule has 0 aliphatic carbocycles. The van der Waals surface area contributed by atoms with Crippen molar-refractivity contribution in [1.82, 2.24) is 14.6 Å². The van der Waals surface area contributed by atoms with Gasteiger partial charge in [0.1, 0.15) is 16.6 Å². The molecule has 6 nitrogen and oxygen atoms in total. The van der Waals surface area contributed by atoms with Gasteiger partial charge in [0.15, 0.2) is 5.58 Å². The minimum atomic E-state index is 0.0460. The van der Waals surface area contributed by atoms with Gasteiger partial charge in [-0.2, -0.15) is 0 Å². The lowest BCUT2D eigenvalue weighted by Gasteiger charge is -2.21. The van der Waals surface area contributed by atoms with E-state index in [2.05, 4.69) is 10.2 Å². The van der Waals surface area contributed by atoms with Crippen LogP contribution in [0, 0.1) is 20.8 Å². The number of carbonyl (C=O) groups excluding carboxylic acids is 1. The van der Waals surface area contributed by atoms with Gasteiger partial charge in [-0.25, -0.2) is 0 Å². The zero-order valence-corrected chi connectivity index (χ0v) is 17.2. The van der Waals surface area contributed by atoms with Crippen LogP contribution in [0.4, 0.5) is 5.69 Å². The Morgan fingerprint density at radius 1 is 1.14 bits per heavy atom. The second-order valence-corrected chi connectivity index (χ2v) is 7.75. The first kappa shape index (κ1) is 18.6. The molecule has 4 aromatic rings. The number of aromatic nitrogens is 3. The Kier molecular flexibility index (Phi) is 4.85. The predicted molar refractivity (Wildman–Crippen MR) is 112 cm³/mol. The van der Waals surface area contributed by atoms with E-state index in [-0.39, 0.29) is 5.91 Å². The largest absolute Gasteiger partial charge is 0.460 e. The van der Waals surface area contributed by atoms with E-state index in [1.165, 1.54) is 11.8 Å². The van der Waals surface area contributed by atoms with Crippen LogP contribution in [0.5, 0.6) is 0 Å². The van der Waals surface area contributed by atoms with E-state index in [4.69, 9.17) is 4.42 Å². The van der Waals surface area contributed by atoms with Crippen LogP contribution in [0.3, 0.4) is 0 Å². The highest BCUT2D eigenvalue weighted by Crippen LogP contribution is 2.30. The molecular formula is C21H22N4O2S. The summed E-state index contributed by atoms with van der Waals surface area (Å²) in [5.74, 6) is 1.98. The maximum atomic E-state index is 12.9. The van der Waals surface area contributed by atoms with E-state index >= 15 is 0 Å². The summed E-state index contributed by atoms with van der Waals surface area (Å²) in [6, 6.07) is 12.0. The summed E-state index contributed by atoms with van der Waals surface area (Å²) in [7, 11) is 0. The Morgan fingerprint density at radius 2 is 1.96 bits per heavy atom. The van der Waals surface area contributed by atoms with Gasteiger partial charge in [-0.05, 0) is 45.4 Å². The monoisotopic (exact) mass is 394 g/mol. The van der Waals surface area contributed by atoms with Crippen molar-refractivity contribution < 1.29 is 9.21 Å². The lowest BCUT2D eigenvalue weighted by atomic mass is 10.2. The topological polar surface area (TPSA) is 63.6 Å². The highest BCUT2D eigenvalue weighted by molar-refractivity contribution is 8.00. The van der Waals surface area contributed by atoms with E-state index < -0.39 is 0 Å². The number of aryl methyl sites for hydroxylation is 3. The molecule has 0 aliphatic rings. The fourth-order valence-electron chi connectivity index (χ4n) is 3.44. The molecule has 7 heteroatoms. The van der Waals surface area contributed by atoms with Gasteiger partial charge in [0, 0.05) is 24.4 Å². The Bertz CT molecular complexity index is 1180. The number of benzene rings is 1. The molecule has 0 unspecified atom stereocenters. The van der Waals surface area contributed by atoms with Crippen molar-refractivity contribution in [1.29, 1.82) is 0 Å². The van der Waals surface area contributed by atoms with E-state index in [0.717, 1.165) is 44.5 Å². The normalized spacial score (nSPS) is 11.4. The van der Waals surface area contributed by atoms with Gasteiger partial charge in [0.2, 0.25) is 5.91 Å². The number of nitrogens with zero attached hydrogens (tertiary/aromatic N) is 4. The van der Waals surface area contributed by atoms with E-state index in [1.807, 2.05) is 68.5 Å². The minimum Gasteiger partial charge on any atom is -0.460 e. The summed E-state index contributed by atoms with van der Waals surface area (Å²) in [5, 5.41) is 9.33. The predicted octanol–water partition coefficient (Wildman–Crippen LogP) is 4.55. The molecule has 0 N–H and O–H groups in total. The Morgan fingerprint density at radius 3 is 2.71 bits per heavy atom. The molecule has 4 rings (SSSR count). The molecule has 0 spiro atoms. The lowest BCUT2D eigenvalue weighted by molar-refractivity contribution is -0.116. The standard InChI is InChI=1S/C21H22N4O2S/c1-5-24(16-8-6-7-13(2)9-16)20(26)12-28-21-18-11-19-17(10-14(3)27-19)25(18)15(4)22-23-21/h6-11H,5,12H2,1-4H3. The van der Waals surface area contributed by atoms with Gasteiger partial charge in [-0.15, -0.1) is 10.2 Å². The Hall–Kier alpha value is -2.80. The third-order valence-electron chi connectivity index (χ3n) is 4.70. The molecule has 3 heterocycles. The van der Waals surface area contributed by atoms with Crippen LogP contribution in [-0.2, 0) is 4.79 Å². The fourth-order valence-corrected chi connectivity index (χ4v) is 4.26. The van der Waals surface area contributed by atoms with Crippen LogP contribution in [0.25, 0.3) is 16.6 Å². The number of fused-ring (bicyclic) bond motifs is 3. The lowest BCUT2D eigenvalue weighted by Crippen LogP contribution is -2.32. The number of anilines is 1. The molecule has 0 fully saturated rings. The minimum absolute atomic E-state index is 0.0460. The first-order chi connectivity index (χ1) is 13.5. The van der Waals surface area contributed by atoms with Gasteiger partial charge >= 0.3 is 0 Å². The highest BCUT2D eigenvalue weighted by atomic mass is 32.2. The van der Waals surface area contributed by atoms with Crippen LogP contribution < -0.4 is 4.90 Å². The van der Waals surface area contributed by atoms with Crippen LogP contribution in [-0.4, -0.2) is 32.8 Å². The molecule has 28 heavy (non-hydrogen) atoms. The molecule has 0 atom stereocenters. The van der Waals surface area contributed by atoms with Crippen molar-refractivity contribution in [3.05, 3.63) is 53.5 Å². The number of thioether (sulfide) groups is 1. The smallest absolute Gasteiger partial charge is 0.237 e. The van der Waals surface area contributed by atoms with Crippen LogP contribution in [0.15, 0.2) is 45.8 Å². The van der Waals surface area contributed by atoms with E-state index in [9.17, 15) is 4.79 Å². The molecule has 1 amide bonds. The quantitative estimate of drug-likeness (QED) is 0.465. The summed E-state index contributed by atoms with van der Waals surface area (Å²) in [6.07, 6.45) is 0. The molecule has 1 aromatic carbocycles. The fraction of sp³-hybridized carbons (Fsp3) is 0.286. The molecule has 0 saturated heterocycles. The molecule has 144 valence electrons. The number of amides is 1. The van der Waals surface area contributed by atoms with Crippen molar-refractivity contribution >= 4 is 40.0 Å². The number of hydrogen-bond acceptors (Lipinski definition) is 5. The van der Waals surface area contributed by atoms with Crippen LogP contribution >= 0.6 is 11.8 Å². The van der Waals surface area contributed by atoms with E-state index in [1.54, 1.807) is 4.90 Å². The number of hydrogen-bond donors (Lipinski definition) is 0. The number of rotatable bonds is 5. The van der Waals surface area contributed by atoms with Crippen molar-refractivity contribution in [3.63, 3.8) is 0 Å². The highest BCUT2D eigenvalue weighted by Gasteiger charge is 2.18. The Balaban J connectivity index is 1.60. The second-order valence-electron chi connectivity index (χ2n) is 6.79. The van der Waals surface area contributed by atoms with Crippen LogP contribution in [0.2, 0.25) is 0 Å². The Labute approximate surface area is 167 Å². The van der Waals surface area contributed by atoms with Crippen molar-refractivity contribution in [2.24, 2.45) is 0 Å². The van der Waals surface area contributed by atoms with Gasteiger partial charge < -0.3 is 9.32 Å². The first-order valence-electron chi connectivity index (χ1n) is 9.22. The molecule has 3 aromatic heterocycles. The summed E-state index contributed by atoms with van der Waals surface area (Å²) >= 11 is 1.40. The molecule has 0 radical (unpaired) electrons. The van der Waals surface area contributed by atoms with E-state index in [0.29, 0.717) is 12.3 Å². The van der Waals surface area contributed by atoms with Gasteiger partial charge in [-0.3, -0.25) is 9.20 Å². The van der Waals surface area contributed by atoms with Crippen molar-refractivity contribution in [2.75, 3.05) is 17.2 Å². The summed E-state index contributed by atoms with van der Waals surface area (Å²) in [5.41, 5.74) is 4.75. The second kappa shape index (κ2) is 7.31. The first-order valence-corrected chi connectivity index (χ1v) is 10.2. The molecular weight excluding hydrogens is 372 g/mol. The number of furan rings is 1. The SMILES string of the molecule is CCN(C(=O)CSc1nnc(C)n2c1cc1oc(C)cc12)c1cccc(C)c1. The van der Waals surface area contributed by atoms with Gasteiger partial charge in [-0.1, -0.05) is 23.9 Å². The average Bonchev–Trinajstić information content (AvgIpc) is 3.18.